The Hall–Kier alpha value is -2.69. The van der Waals surface area contributed by atoms with Crippen LogP contribution in [0.4, 0.5) is 10.5 Å². The standard InChI is InChI=1S/C20H26N2O3/c1-14-6-8-15(9-7-14)20(2,3)13-21-19(23)22-17-11-10-16(24-4)12-18(17)25-5/h6-12H,13H2,1-5H3,(H2,21,22,23). The lowest BCUT2D eigenvalue weighted by atomic mass is 9.84. The second-order valence-corrected chi connectivity index (χ2v) is 6.62. The van der Waals surface area contributed by atoms with E-state index in [1.807, 2.05) is 0 Å². The van der Waals surface area contributed by atoms with Crippen LogP contribution < -0.4 is 20.1 Å². The normalized spacial score (nSPS) is 10.9. The van der Waals surface area contributed by atoms with Gasteiger partial charge in [0.15, 0.2) is 0 Å². The Balaban J connectivity index is 1.99. The number of hydrogen-bond acceptors (Lipinski definition) is 3. The second kappa shape index (κ2) is 7.92. The summed E-state index contributed by atoms with van der Waals surface area (Å²) in [4.78, 5) is 12.3. The maximum Gasteiger partial charge on any atom is 0.319 e. The zero-order valence-corrected chi connectivity index (χ0v) is 15.5. The third-order valence-electron chi connectivity index (χ3n) is 4.18. The number of carbonyl (C=O) groups is 1. The van der Waals surface area contributed by atoms with Crippen molar-refractivity contribution in [3.63, 3.8) is 0 Å². The number of hydrogen-bond donors (Lipinski definition) is 2. The number of methoxy groups -OCH3 is 2. The monoisotopic (exact) mass is 342 g/mol. The fourth-order valence-corrected chi connectivity index (χ4v) is 2.48. The van der Waals surface area contributed by atoms with Crippen molar-refractivity contribution in [1.29, 1.82) is 0 Å². The molecule has 2 N–H and O–H groups in total. The first kappa shape index (κ1) is 18.6. The van der Waals surface area contributed by atoms with E-state index in [0.717, 1.165) is 0 Å². The van der Waals surface area contributed by atoms with Crippen LogP contribution in [0.3, 0.4) is 0 Å². The minimum atomic E-state index is -0.274. The Kier molecular flexibility index (Phi) is 5.91. The molecule has 5 nitrogen and oxygen atoms in total. The van der Waals surface area contributed by atoms with Gasteiger partial charge in [-0.3, -0.25) is 0 Å². The summed E-state index contributed by atoms with van der Waals surface area (Å²) in [6.45, 7) is 6.78. The predicted octanol–water partition coefficient (Wildman–Crippen LogP) is 4.11. The van der Waals surface area contributed by atoms with Gasteiger partial charge < -0.3 is 20.1 Å². The molecule has 0 heterocycles. The van der Waals surface area contributed by atoms with Crippen molar-refractivity contribution in [1.82, 2.24) is 5.32 Å². The van der Waals surface area contributed by atoms with Crippen LogP contribution in [-0.4, -0.2) is 26.8 Å². The number of nitrogens with one attached hydrogen (secondary N) is 2. The number of rotatable bonds is 6. The van der Waals surface area contributed by atoms with Crippen LogP contribution in [0.15, 0.2) is 42.5 Å². The average molecular weight is 342 g/mol. The molecule has 0 fully saturated rings. The Morgan fingerprint density at radius 2 is 1.72 bits per heavy atom. The number of amides is 2. The molecule has 0 aliphatic rings. The number of aryl methyl sites for hydroxylation is 1. The van der Waals surface area contributed by atoms with Crippen LogP contribution >= 0.6 is 0 Å². The Morgan fingerprint density at radius 1 is 1.04 bits per heavy atom. The largest absolute Gasteiger partial charge is 0.497 e. The highest BCUT2D eigenvalue weighted by molar-refractivity contribution is 5.91. The van der Waals surface area contributed by atoms with Crippen molar-refractivity contribution in [2.24, 2.45) is 0 Å². The van der Waals surface area contributed by atoms with Crippen molar-refractivity contribution < 1.29 is 14.3 Å². The summed E-state index contributed by atoms with van der Waals surface area (Å²) in [5, 5.41) is 5.74. The van der Waals surface area contributed by atoms with Gasteiger partial charge in [0.25, 0.3) is 0 Å². The SMILES string of the molecule is COc1ccc(NC(=O)NCC(C)(C)c2ccc(C)cc2)c(OC)c1. The molecule has 0 radical (unpaired) electrons. The van der Waals surface area contributed by atoms with Crippen LogP contribution in [0.5, 0.6) is 11.5 Å². The summed E-state index contributed by atoms with van der Waals surface area (Å²) in [7, 11) is 3.14. The maximum atomic E-state index is 12.3. The summed E-state index contributed by atoms with van der Waals surface area (Å²) in [6, 6.07) is 13.3. The highest BCUT2D eigenvalue weighted by atomic mass is 16.5. The molecule has 2 amide bonds. The number of benzene rings is 2. The van der Waals surface area contributed by atoms with E-state index < -0.39 is 0 Å². The molecule has 0 aliphatic heterocycles. The molecule has 5 heteroatoms. The summed E-state index contributed by atoms with van der Waals surface area (Å²) in [5.74, 6) is 1.22. The lowest BCUT2D eigenvalue weighted by Crippen LogP contribution is -2.39. The van der Waals surface area contributed by atoms with E-state index in [2.05, 4.69) is 55.7 Å². The second-order valence-electron chi connectivity index (χ2n) is 6.62. The van der Waals surface area contributed by atoms with Crippen molar-refractivity contribution in [2.75, 3.05) is 26.1 Å². The molecular weight excluding hydrogens is 316 g/mol. The van der Waals surface area contributed by atoms with Gasteiger partial charge in [-0.2, -0.15) is 0 Å². The molecule has 0 saturated carbocycles. The average Bonchev–Trinajstić information content (AvgIpc) is 2.61. The molecule has 0 bridgehead atoms. The quantitative estimate of drug-likeness (QED) is 0.830. The number of anilines is 1. The molecule has 0 unspecified atom stereocenters. The topological polar surface area (TPSA) is 59.6 Å². The van der Waals surface area contributed by atoms with E-state index in [0.29, 0.717) is 23.7 Å². The van der Waals surface area contributed by atoms with Gasteiger partial charge in [0.1, 0.15) is 11.5 Å². The van der Waals surface area contributed by atoms with Crippen molar-refractivity contribution in [3.05, 3.63) is 53.6 Å². The van der Waals surface area contributed by atoms with Gasteiger partial charge in [0.05, 0.1) is 19.9 Å². The molecule has 2 rings (SSSR count). The van der Waals surface area contributed by atoms with Crippen LogP contribution in [0.25, 0.3) is 0 Å². The smallest absolute Gasteiger partial charge is 0.319 e. The highest BCUT2D eigenvalue weighted by Crippen LogP contribution is 2.29. The first-order valence-corrected chi connectivity index (χ1v) is 8.20. The fraction of sp³-hybridized carbons (Fsp3) is 0.350. The molecule has 0 spiro atoms. The van der Waals surface area contributed by atoms with E-state index in [1.54, 1.807) is 32.4 Å². The lowest BCUT2D eigenvalue weighted by molar-refractivity contribution is 0.249. The van der Waals surface area contributed by atoms with Crippen molar-refractivity contribution >= 4 is 11.7 Å². The fourth-order valence-electron chi connectivity index (χ4n) is 2.48. The van der Waals surface area contributed by atoms with Gasteiger partial charge in [0.2, 0.25) is 0 Å². The van der Waals surface area contributed by atoms with E-state index in [-0.39, 0.29) is 11.4 Å². The lowest BCUT2D eigenvalue weighted by Gasteiger charge is -2.26. The zero-order valence-electron chi connectivity index (χ0n) is 15.5. The summed E-state index contributed by atoms with van der Waals surface area (Å²) in [5.41, 5.74) is 2.82. The maximum absolute atomic E-state index is 12.3. The molecular formula is C20H26N2O3. The Labute approximate surface area is 149 Å². The molecule has 25 heavy (non-hydrogen) atoms. The van der Waals surface area contributed by atoms with Gasteiger partial charge in [-0.05, 0) is 24.6 Å². The molecule has 0 aliphatic carbocycles. The highest BCUT2D eigenvalue weighted by Gasteiger charge is 2.21. The molecule has 0 aromatic heterocycles. The van der Waals surface area contributed by atoms with Gasteiger partial charge in [0, 0.05) is 18.0 Å². The van der Waals surface area contributed by atoms with E-state index >= 15 is 0 Å². The van der Waals surface area contributed by atoms with Gasteiger partial charge in [-0.25, -0.2) is 4.79 Å². The summed E-state index contributed by atoms with van der Waals surface area (Å²) >= 11 is 0. The number of ether oxygens (including phenoxy) is 2. The van der Waals surface area contributed by atoms with E-state index in [9.17, 15) is 4.79 Å². The van der Waals surface area contributed by atoms with Crippen LogP contribution in [0.2, 0.25) is 0 Å². The molecule has 2 aromatic rings. The summed E-state index contributed by atoms with van der Waals surface area (Å²) in [6.07, 6.45) is 0. The minimum Gasteiger partial charge on any atom is -0.497 e. The molecule has 0 atom stereocenters. The van der Waals surface area contributed by atoms with Gasteiger partial charge in [-0.15, -0.1) is 0 Å². The van der Waals surface area contributed by atoms with Crippen LogP contribution in [0, 0.1) is 6.92 Å². The molecule has 134 valence electrons. The minimum absolute atomic E-state index is 0.172. The molecule has 2 aromatic carbocycles. The summed E-state index contributed by atoms with van der Waals surface area (Å²) < 4.78 is 10.5. The van der Waals surface area contributed by atoms with E-state index in [1.165, 1.54) is 11.1 Å². The predicted molar refractivity (Wildman–Crippen MR) is 101 cm³/mol. The van der Waals surface area contributed by atoms with Crippen LogP contribution in [-0.2, 0) is 5.41 Å². The third-order valence-corrected chi connectivity index (χ3v) is 4.18. The zero-order chi connectivity index (χ0) is 18.4. The van der Waals surface area contributed by atoms with E-state index in [4.69, 9.17) is 9.47 Å². The number of carbonyl (C=O) groups excluding carboxylic acids is 1. The number of urea groups is 1. The van der Waals surface area contributed by atoms with Gasteiger partial charge >= 0.3 is 6.03 Å². The first-order valence-electron chi connectivity index (χ1n) is 8.20. The Bertz CT molecular complexity index is 724. The van der Waals surface area contributed by atoms with Gasteiger partial charge in [-0.1, -0.05) is 43.7 Å². The molecule has 0 saturated heterocycles. The first-order chi connectivity index (χ1) is 11.9. The van der Waals surface area contributed by atoms with Crippen molar-refractivity contribution in [2.45, 2.75) is 26.2 Å². The Morgan fingerprint density at radius 3 is 2.32 bits per heavy atom. The third kappa shape index (κ3) is 4.89. The van der Waals surface area contributed by atoms with Crippen LogP contribution in [0.1, 0.15) is 25.0 Å². The van der Waals surface area contributed by atoms with Crippen molar-refractivity contribution in [3.8, 4) is 11.5 Å².